The number of aromatic nitrogens is 2. The van der Waals surface area contributed by atoms with Gasteiger partial charge in [-0.2, -0.15) is 5.10 Å². The molecule has 0 radical (unpaired) electrons. The highest BCUT2D eigenvalue weighted by molar-refractivity contribution is 7.80. The lowest BCUT2D eigenvalue weighted by molar-refractivity contribution is 0.0518. The molecule has 1 aliphatic rings. The van der Waals surface area contributed by atoms with Crippen LogP contribution in [0.15, 0.2) is 36.5 Å². The van der Waals surface area contributed by atoms with Crippen molar-refractivity contribution in [2.75, 3.05) is 19.7 Å². The first-order valence-electron chi connectivity index (χ1n) is 7.82. The molecular formula is C17H19N3O2S. The number of esters is 1. The van der Waals surface area contributed by atoms with E-state index in [2.05, 4.69) is 10.00 Å². The quantitative estimate of drug-likeness (QED) is 0.638. The van der Waals surface area contributed by atoms with Crippen LogP contribution in [0.2, 0.25) is 0 Å². The zero-order valence-electron chi connectivity index (χ0n) is 13.1. The van der Waals surface area contributed by atoms with Gasteiger partial charge >= 0.3 is 5.97 Å². The van der Waals surface area contributed by atoms with Crippen molar-refractivity contribution in [3.05, 3.63) is 47.8 Å². The van der Waals surface area contributed by atoms with Gasteiger partial charge in [0.05, 0.1) is 17.9 Å². The number of hydrogen-bond donors (Lipinski definition) is 0. The second-order valence-electron chi connectivity index (χ2n) is 5.39. The van der Waals surface area contributed by atoms with Crippen LogP contribution >= 0.6 is 12.2 Å². The first-order chi connectivity index (χ1) is 11.2. The average molecular weight is 329 g/mol. The third-order valence-corrected chi connectivity index (χ3v) is 4.31. The number of para-hydroxylation sites is 1. The first-order valence-corrected chi connectivity index (χ1v) is 8.23. The number of ether oxygens (including phenoxy) is 1. The molecule has 1 saturated heterocycles. The maximum absolute atomic E-state index is 12.3. The van der Waals surface area contributed by atoms with Gasteiger partial charge < -0.3 is 9.64 Å². The highest BCUT2D eigenvalue weighted by Gasteiger charge is 2.25. The van der Waals surface area contributed by atoms with Crippen LogP contribution in [-0.4, -0.2) is 45.3 Å². The molecule has 0 spiro atoms. The van der Waals surface area contributed by atoms with Crippen LogP contribution in [0, 0.1) is 0 Å². The van der Waals surface area contributed by atoms with Crippen molar-refractivity contribution in [1.82, 2.24) is 14.7 Å². The molecule has 3 rings (SSSR count). The smallest absolute Gasteiger partial charge is 0.359 e. The van der Waals surface area contributed by atoms with Crippen molar-refractivity contribution in [2.24, 2.45) is 0 Å². The molecule has 1 aromatic carbocycles. The molecule has 5 nitrogen and oxygen atoms in total. The summed E-state index contributed by atoms with van der Waals surface area (Å²) in [5.74, 6) is -0.432. The van der Waals surface area contributed by atoms with Crippen LogP contribution in [0.5, 0.6) is 0 Å². The first kappa shape index (κ1) is 15.7. The number of benzene rings is 1. The summed E-state index contributed by atoms with van der Waals surface area (Å²) in [7, 11) is 0. The van der Waals surface area contributed by atoms with E-state index >= 15 is 0 Å². The average Bonchev–Trinajstić information content (AvgIpc) is 3.25. The fraction of sp³-hybridized carbons (Fsp3) is 0.353. The number of hydrogen-bond acceptors (Lipinski definition) is 4. The summed E-state index contributed by atoms with van der Waals surface area (Å²) in [5, 5.41) is 4.42. The van der Waals surface area contributed by atoms with E-state index in [4.69, 9.17) is 17.0 Å². The van der Waals surface area contributed by atoms with Gasteiger partial charge in [-0.1, -0.05) is 30.4 Å². The van der Waals surface area contributed by atoms with Gasteiger partial charge in [0.15, 0.2) is 5.69 Å². The molecule has 0 N–H and O–H groups in total. The van der Waals surface area contributed by atoms with Gasteiger partial charge in [0, 0.05) is 19.3 Å². The van der Waals surface area contributed by atoms with E-state index in [0.717, 1.165) is 31.6 Å². The number of rotatable bonds is 4. The molecule has 0 atom stereocenters. The Kier molecular flexibility index (Phi) is 4.71. The molecule has 2 aromatic rings. The Labute approximate surface area is 140 Å². The van der Waals surface area contributed by atoms with Gasteiger partial charge in [0.2, 0.25) is 0 Å². The molecule has 0 bridgehead atoms. The minimum Gasteiger partial charge on any atom is -0.461 e. The van der Waals surface area contributed by atoms with E-state index in [1.54, 1.807) is 11.6 Å². The van der Waals surface area contributed by atoms with Crippen LogP contribution in [0.1, 0.15) is 35.8 Å². The molecule has 1 aliphatic heterocycles. The molecule has 23 heavy (non-hydrogen) atoms. The maximum atomic E-state index is 12.3. The monoisotopic (exact) mass is 329 g/mol. The summed E-state index contributed by atoms with van der Waals surface area (Å²) < 4.78 is 6.82. The standard InChI is InChI=1S/C17H19N3O2S/c1-2-22-17(21)15-14(16(23)19-10-6-7-11-19)12-20(18-15)13-8-4-3-5-9-13/h3-5,8-9,12H,2,6-7,10-11H2,1H3. The van der Waals surface area contributed by atoms with E-state index in [1.807, 2.05) is 36.5 Å². The number of likely N-dealkylation sites (tertiary alicyclic amines) is 1. The van der Waals surface area contributed by atoms with Crippen LogP contribution in [-0.2, 0) is 4.74 Å². The van der Waals surface area contributed by atoms with Crippen molar-refractivity contribution < 1.29 is 9.53 Å². The largest absolute Gasteiger partial charge is 0.461 e. The summed E-state index contributed by atoms with van der Waals surface area (Å²) in [4.78, 5) is 15.1. The predicted octanol–water partition coefficient (Wildman–Crippen LogP) is 2.82. The van der Waals surface area contributed by atoms with E-state index in [1.165, 1.54) is 0 Å². The number of nitrogens with zero attached hydrogens (tertiary/aromatic N) is 3. The van der Waals surface area contributed by atoms with Gasteiger partial charge in [0.1, 0.15) is 4.99 Å². The van der Waals surface area contributed by atoms with Crippen molar-refractivity contribution in [3.63, 3.8) is 0 Å². The zero-order chi connectivity index (χ0) is 16.2. The zero-order valence-corrected chi connectivity index (χ0v) is 13.9. The summed E-state index contributed by atoms with van der Waals surface area (Å²) >= 11 is 5.60. The molecule has 1 fully saturated rings. The van der Waals surface area contributed by atoms with Crippen LogP contribution < -0.4 is 0 Å². The fourth-order valence-electron chi connectivity index (χ4n) is 2.68. The Bertz CT molecular complexity index is 706. The summed E-state index contributed by atoms with van der Waals surface area (Å²) in [5.41, 5.74) is 1.84. The summed E-state index contributed by atoms with van der Waals surface area (Å²) in [6.45, 7) is 3.95. The van der Waals surface area contributed by atoms with E-state index in [0.29, 0.717) is 17.2 Å². The second kappa shape index (κ2) is 6.91. The molecule has 0 saturated carbocycles. The molecule has 0 unspecified atom stereocenters. The second-order valence-corrected chi connectivity index (χ2v) is 5.78. The minimum absolute atomic E-state index is 0.285. The lowest BCUT2D eigenvalue weighted by Gasteiger charge is -2.17. The Morgan fingerprint density at radius 3 is 2.61 bits per heavy atom. The fourth-order valence-corrected chi connectivity index (χ4v) is 3.02. The molecule has 2 heterocycles. The van der Waals surface area contributed by atoms with Gasteiger partial charge in [0.25, 0.3) is 0 Å². The predicted molar refractivity (Wildman–Crippen MR) is 92.0 cm³/mol. The van der Waals surface area contributed by atoms with E-state index < -0.39 is 5.97 Å². The highest BCUT2D eigenvalue weighted by Crippen LogP contribution is 2.19. The topological polar surface area (TPSA) is 47.4 Å². The number of carbonyl (C=O) groups is 1. The van der Waals surface area contributed by atoms with Gasteiger partial charge in [-0.05, 0) is 31.9 Å². The normalized spacial score (nSPS) is 14.0. The SMILES string of the molecule is CCOC(=O)c1nn(-c2ccccc2)cc1C(=S)N1CCCC1. The van der Waals surface area contributed by atoms with Crippen molar-refractivity contribution >= 4 is 23.2 Å². The molecule has 0 amide bonds. The Balaban J connectivity index is 2.00. The van der Waals surface area contributed by atoms with Gasteiger partial charge in [-0.15, -0.1) is 0 Å². The van der Waals surface area contributed by atoms with Crippen LogP contribution in [0.25, 0.3) is 5.69 Å². The van der Waals surface area contributed by atoms with E-state index in [9.17, 15) is 4.79 Å². The molecular weight excluding hydrogens is 310 g/mol. The van der Waals surface area contributed by atoms with Crippen molar-refractivity contribution in [1.29, 1.82) is 0 Å². The van der Waals surface area contributed by atoms with Crippen molar-refractivity contribution in [2.45, 2.75) is 19.8 Å². The summed E-state index contributed by atoms with van der Waals surface area (Å²) in [6, 6.07) is 9.67. The lowest BCUT2D eigenvalue weighted by Crippen LogP contribution is -2.28. The van der Waals surface area contributed by atoms with E-state index in [-0.39, 0.29) is 5.69 Å². The Morgan fingerprint density at radius 1 is 1.26 bits per heavy atom. The van der Waals surface area contributed by atoms with Gasteiger partial charge in [-0.25, -0.2) is 9.48 Å². The highest BCUT2D eigenvalue weighted by atomic mass is 32.1. The summed E-state index contributed by atoms with van der Waals surface area (Å²) in [6.07, 6.45) is 4.08. The van der Waals surface area contributed by atoms with Gasteiger partial charge in [-0.3, -0.25) is 0 Å². The Hall–Kier alpha value is -2.21. The number of thiocarbonyl (C=S) groups is 1. The Morgan fingerprint density at radius 2 is 1.96 bits per heavy atom. The molecule has 0 aliphatic carbocycles. The van der Waals surface area contributed by atoms with Crippen LogP contribution in [0.4, 0.5) is 0 Å². The lowest BCUT2D eigenvalue weighted by atomic mass is 10.2. The molecule has 120 valence electrons. The number of carbonyl (C=O) groups excluding carboxylic acids is 1. The molecule has 1 aromatic heterocycles. The minimum atomic E-state index is -0.432. The third kappa shape index (κ3) is 3.27. The van der Waals surface area contributed by atoms with Crippen molar-refractivity contribution in [3.8, 4) is 5.69 Å². The maximum Gasteiger partial charge on any atom is 0.359 e. The third-order valence-electron chi connectivity index (χ3n) is 3.83. The molecule has 6 heteroatoms. The van der Waals surface area contributed by atoms with Crippen LogP contribution in [0.3, 0.4) is 0 Å².